The standard InChI is InChI=1S/C28H32N2O3S/c1-4-32-28(31)21(3)16-20(2)17-24-19-34-27(30-24)26(29)18-23-10-12-25(13-11-23)33-15-14-22-8-6-5-7-9-22/h5-13,16-17,19,26H,4,14-15,18,29H2,1-3H3/b20-17+,21-16-/t26-/m0/s1. The van der Waals surface area contributed by atoms with E-state index in [0.29, 0.717) is 25.2 Å². The first kappa shape index (κ1) is 25.4. The maximum absolute atomic E-state index is 11.8. The van der Waals surface area contributed by atoms with E-state index in [1.807, 2.05) is 48.7 Å². The minimum atomic E-state index is -0.302. The number of hydrogen-bond acceptors (Lipinski definition) is 6. The topological polar surface area (TPSA) is 74.4 Å². The zero-order chi connectivity index (χ0) is 24.3. The molecule has 2 N–H and O–H groups in total. The molecule has 0 unspecified atom stereocenters. The van der Waals surface area contributed by atoms with Crippen LogP contribution in [0.5, 0.6) is 5.75 Å². The van der Waals surface area contributed by atoms with E-state index in [-0.39, 0.29) is 12.0 Å². The van der Waals surface area contributed by atoms with Gasteiger partial charge in [-0.15, -0.1) is 11.3 Å². The second kappa shape index (κ2) is 12.9. The average molecular weight is 477 g/mol. The second-order valence-electron chi connectivity index (χ2n) is 8.09. The van der Waals surface area contributed by atoms with Gasteiger partial charge in [-0.05, 0) is 68.2 Å². The Hall–Kier alpha value is -3.22. The normalized spacial score (nSPS) is 12.9. The highest BCUT2D eigenvalue weighted by atomic mass is 32.1. The van der Waals surface area contributed by atoms with Gasteiger partial charge in [0.15, 0.2) is 0 Å². The van der Waals surface area contributed by atoms with Crippen molar-refractivity contribution in [3.8, 4) is 5.75 Å². The van der Waals surface area contributed by atoms with Crippen LogP contribution in [0.1, 0.15) is 48.6 Å². The van der Waals surface area contributed by atoms with Crippen LogP contribution in [0.2, 0.25) is 0 Å². The number of aromatic nitrogens is 1. The first-order chi connectivity index (χ1) is 16.4. The maximum Gasteiger partial charge on any atom is 0.333 e. The summed E-state index contributed by atoms with van der Waals surface area (Å²) in [5.74, 6) is 0.556. The lowest BCUT2D eigenvalue weighted by atomic mass is 10.1. The molecule has 0 saturated heterocycles. The van der Waals surface area contributed by atoms with Crippen LogP contribution >= 0.6 is 11.3 Å². The Labute approximate surface area is 205 Å². The largest absolute Gasteiger partial charge is 0.493 e. The first-order valence-electron chi connectivity index (χ1n) is 11.4. The fourth-order valence-corrected chi connectivity index (χ4v) is 4.23. The van der Waals surface area contributed by atoms with E-state index in [0.717, 1.165) is 34.0 Å². The predicted octanol–water partition coefficient (Wildman–Crippen LogP) is 5.92. The van der Waals surface area contributed by atoms with E-state index < -0.39 is 0 Å². The highest BCUT2D eigenvalue weighted by molar-refractivity contribution is 7.09. The summed E-state index contributed by atoms with van der Waals surface area (Å²) in [6.07, 6.45) is 5.32. The molecule has 0 saturated carbocycles. The van der Waals surface area contributed by atoms with Crippen molar-refractivity contribution in [3.05, 3.63) is 99.0 Å². The summed E-state index contributed by atoms with van der Waals surface area (Å²) in [6, 6.07) is 18.2. The number of ether oxygens (including phenoxy) is 2. The molecular weight excluding hydrogens is 444 g/mol. The van der Waals surface area contributed by atoms with Crippen LogP contribution in [-0.2, 0) is 22.4 Å². The number of carbonyl (C=O) groups is 1. The summed E-state index contributed by atoms with van der Waals surface area (Å²) >= 11 is 1.55. The van der Waals surface area contributed by atoms with E-state index in [9.17, 15) is 4.79 Å². The molecule has 0 fully saturated rings. The van der Waals surface area contributed by atoms with E-state index in [4.69, 9.17) is 15.2 Å². The van der Waals surface area contributed by atoms with Gasteiger partial charge in [0, 0.05) is 17.4 Å². The highest BCUT2D eigenvalue weighted by Crippen LogP contribution is 2.23. The zero-order valence-corrected chi connectivity index (χ0v) is 20.8. The molecule has 1 atom stereocenters. The van der Waals surface area contributed by atoms with Gasteiger partial charge in [-0.2, -0.15) is 0 Å². The fourth-order valence-electron chi connectivity index (χ4n) is 3.45. The van der Waals surface area contributed by atoms with E-state index >= 15 is 0 Å². The molecule has 0 bridgehead atoms. The van der Waals surface area contributed by atoms with Crippen molar-refractivity contribution < 1.29 is 14.3 Å². The second-order valence-corrected chi connectivity index (χ2v) is 8.98. The molecular formula is C28H32N2O3S. The minimum absolute atomic E-state index is 0.186. The number of allylic oxidation sites excluding steroid dienone is 2. The molecule has 0 aliphatic heterocycles. The summed E-state index contributed by atoms with van der Waals surface area (Å²) in [5.41, 5.74) is 11.2. The Morgan fingerprint density at radius 1 is 1.09 bits per heavy atom. The van der Waals surface area contributed by atoms with Gasteiger partial charge < -0.3 is 15.2 Å². The van der Waals surface area contributed by atoms with E-state index in [1.54, 1.807) is 31.3 Å². The van der Waals surface area contributed by atoms with E-state index in [1.165, 1.54) is 5.56 Å². The molecule has 34 heavy (non-hydrogen) atoms. The van der Waals surface area contributed by atoms with Gasteiger partial charge in [0.05, 0.1) is 24.9 Å². The maximum atomic E-state index is 11.8. The summed E-state index contributed by atoms with van der Waals surface area (Å²) in [7, 11) is 0. The Balaban J connectivity index is 1.52. The Morgan fingerprint density at radius 3 is 2.53 bits per heavy atom. The summed E-state index contributed by atoms with van der Waals surface area (Å²) in [5, 5.41) is 2.86. The van der Waals surface area contributed by atoms with Gasteiger partial charge in [0.1, 0.15) is 10.8 Å². The average Bonchev–Trinajstić information content (AvgIpc) is 3.29. The third-order valence-corrected chi connectivity index (χ3v) is 6.15. The summed E-state index contributed by atoms with van der Waals surface area (Å²) < 4.78 is 10.9. The van der Waals surface area contributed by atoms with Crippen molar-refractivity contribution in [1.29, 1.82) is 0 Å². The van der Waals surface area contributed by atoms with Crippen molar-refractivity contribution in [2.45, 2.75) is 39.7 Å². The Bertz CT molecular complexity index is 1120. The predicted molar refractivity (Wildman–Crippen MR) is 139 cm³/mol. The number of nitrogens with two attached hydrogens (primary N) is 1. The molecule has 0 aliphatic carbocycles. The number of nitrogens with zero attached hydrogens (tertiary/aromatic N) is 1. The van der Waals surface area contributed by atoms with Gasteiger partial charge in [0.25, 0.3) is 0 Å². The van der Waals surface area contributed by atoms with Gasteiger partial charge >= 0.3 is 5.97 Å². The van der Waals surface area contributed by atoms with Gasteiger partial charge in [0.2, 0.25) is 0 Å². The third-order valence-electron chi connectivity index (χ3n) is 5.16. The SMILES string of the molecule is CCOC(=O)/C(C)=C\C(C)=C\c1csc([C@@H](N)Cc2ccc(OCCc3ccccc3)cc2)n1. The van der Waals surface area contributed by atoms with Crippen molar-refractivity contribution in [1.82, 2.24) is 4.98 Å². The molecule has 178 valence electrons. The number of thiazole rings is 1. The number of hydrogen-bond donors (Lipinski definition) is 1. The molecule has 3 rings (SSSR count). The smallest absolute Gasteiger partial charge is 0.333 e. The number of benzene rings is 2. The van der Waals surface area contributed by atoms with Crippen LogP contribution in [-0.4, -0.2) is 24.2 Å². The molecule has 1 aromatic heterocycles. The molecule has 3 aromatic rings. The lowest BCUT2D eigenvalue weighted by Crippen LogP contribution is -2.13. The van der Waals surface area contributed by atoms with Crippen molar-refractivity contribution in [2.75, 3.05) is 13.2 Å². The van der Waals surface area contributed by atoms with Crippen molar-refractivity contribution in [3.63, 3.8) is 0 Å². The number of carbonyl (C=O) groups excluding carboxylic acids is 1. The quantitative estimate of drug-likeness (QED) is 0.211. The third kappa shape index (κ3) is 7.97. The van der Waals surface area contributed by atoms with Gasteiger partial charge in [-0.25, -0.2) is 9.78 Å². The summed E-state index contributed by atoms with van der Waals surface area (Å²) in [6.45, 7) is 6.49. The van der Waals surface area contributed by atoms with Gasteiger partial charge in [-0.3, -0.25) is 0 Å². The lowest BCUT2D eigenvalue weighted by molar-refractivity contribution is -0.138. The lowest BCUT2D eigenvalue weighted by Gasteiger charge is -2.10. The number of esters is 1. The monoisotopic (exact) mass is 476 g/mol. The highest BCUT2D eigenvalue weighted by Gasteiger charge is 2.12. The van der Waals surface area contributed by atoms with Crippen LogP contribution < -0.4 is 10.5 Å². The van der Waals surface area contributed by atoms with Crippen LogP contribution in [0.4, 0.5) is 0 Å². The minimum Gasteiger partial charge on any atom is -0.493 e. The molecule has 6 heteroatoms. The molecule has 0 spiro atoms. The molecule has 0 amide bonds. The molecule has 0 radical (unpaired) electrons. The zero-order valence-electron chi connectivity index (χ0n) is 20.0. The van der Waals surface area contributed by atoms with Crippen molar-refractivity contribution in [2.24, 2.45) is 5.73 Å². The van der Waals surface area contributed by atoms with Crippen LogP contribution in [0.25, 0.3) is 6.08 Å². The molecule has 5 nitrogen and oxygen atoms in total. The van der Waals surface area contributed by atoms with E-state index in [2.05, 4.69) is 29.2 Å². The Morgan fingerprint density at radius 2 is 1.82 bits per heavy atom. The van der Waals surface area contributed by atoms with Crippen LogP contribution in [0.3, 0.4) is 0 Å². The van der Waals surface area contributed by atoms with Crippen molar-refractivity contribution >= 4 is 23.4 Å². The van der Waals surface area contributed by atoms with Gasteiger partial charge in [-0.1, -0.05) is 42.5 Å². The van der Waals surface area contributed by atoms with Crippen LogP contribution in [0.15, 0.2) is 77.2 Å². The number of rotatable bonds is 11. The van der Waals surface area contributed by atoms with Crippen LogP contribution in [0, 0.1) is 0 Å². The Kier molecular flexibility index (Phi) is 9.62. The summed E-state index contributed by atoms with van der Waals surface area (Å²) in [4.78, 5) is 16.4. The fraction of sp³-hybridized carbons (Fsp3) is 0.286. The molecule has 2 aromatic carbocycles. The molecule has 0 aliphatic rings. The molecule has 1 heterocycles. The first-order valence-corrected chi connectivity index (χ1v) is 12.3.